The fourth-order valence-electron chi connectivity index (χ4n) is 1.26. The van der Waals surface area contributed by atoms with Crippen LogP contribution in [0.2, 0.25) is 0 Å². The molecule has 1 unspecified atom stereocenters. The number of rotatable bonds is 7. The summed E-state index contributed by atoms with van der Waals surface area (Å²) in [5.74, 6) is 0.283. The molecule has 0 aliphatic rings. The van der Waals surface area contributed by atoms with Crippen molar-refractivity contribution in [1.29, 1.82) is 0 Å². The second kappa shape index (κ2) is 6.67. The molecule has 0 aliphatic carbocycles. The molecule has 1 atom stereocenters. The maximum absolute atomic E-state index is 11.7. The number of aromatic nitrogens is 2. The Bertz CT molecular complexity index is 566. The third kappa shape index (κ3) is 5.39. The zero-order valence-electron chi connectivity index (χ0n) is 11.1. The van der Waals surface area contributed by atoms with Gasteiger partial charge in [0.05, 0.1) is 18.5 Å². The average molecular weight is 289 g/mol. The lowest BCUT2D eigenvalue weighted by atomic mass is 10.4. The topological polar surface area (TPSA) is 104 Å². The van der Waals surface area contributed by atoms with E-state index >= 15 is 0 Å². The highest BCUT2D eigenvalue weighted by Gasteiger charge is 2.09. The molecule has 0 amide bonds. The normalized spacial score (nSPS) is 13.2. The Morgan fingerprint density at radius 1 is 1.53 bits per heavy atom. The van der Waals surface area contributed by atoms with Gasteiger partial charge in [-0.05, 0) is 6.92 Å². The first kappa shape index (κ1) is 15.6. The van der Waals surface area contributed by atoms with Gasteiger partial charge in [-0.15, -0.1) is 0 Å². The molecule has 0 bridgehead atoms. The predicted molar refractivity (Wildman–Crippen MR) is 72.0 cm³/mol. The fraction of sp³-hybridized carbons (Fsp3) is 0.636. The van der Waals surface area contributed by atoms with Crippen molar-refractivity contribution < 1.29 is 13.2 Å². The highest BCUT2D eigenvalue weighted by molar-refractivity contribution is 7.91. The van der Waals surface area contributed by atoms with Crippen molar-refractivity contribution in [3.8, 4) is 5.75 Å². The van der Waals surface area contributed by atoms with Crippen LogP contribution in [0.15, 0.2) is 17.1 Å². The van der Waals surface area contributed by atoms with E-state index in [0.29, 0.717) is 5.75 Å². The van der Waals surface area contributed by atoms with E-state index in [-0.39, 0.29) is 30.7 Å². The number of nitrogens with two attached hydrogens (primary N) is 1. The van der Waals surface area contributed by atoms with E-state index in [4.69, 9.17) is 10.5 Å². The van der Waals surface area contributed by atoms with Crippen LogP contribution in [0.3, 0.4) is 0 Å². The molecule has 1 aromatic heterocycles. The minimum atomic E-state index is -3.11. The summed E-state index contributed by atoms with van der Waals surface area (Å²) in [6.07, 6.45) is 1.38. The number of aryl methyl sites for hydroxylation is 1. The molecule has 19 heavy (non-hydrogen) atoms. The molecule has 1 heterocycles. The first-order chi connectivity index (χ1) is 8.84. The first-order valence-electron chi connectivity index (χ1n) is 6.00. The van der Waals surface area contributed by atoms with Crippen molar-refractivity contribution in [2.24, 2.45) is 5.73 Å². The van der Waals surface area contributed by atoms with Crippen LogP contribution in [0.25, 0.3) is 0 Å². The van der Waals surface area contributed by atoms with Crippen molar-refractivity contribution in [2.45, 2.75) is 26.4 Å². The maximum Gasteiger partial charge on any atom is 0.270 e. The number of ether oxygens (including phenoxy) is 1. The van der Waals surface area contributed by atoms with Crippen LogP contribution in [0.1, 0.15) is 13.8 Å². The molecule has 0 radical (unpaired) electrons. The van der Waals surface area contributed by atoms with E-state index in [9.17, 15) is 13.2 Å². The maximum atomic E-state index is 11.7. The van der Waals surface area contributed by atoms with Gasteiger partial charge in [-0.25, -0.2) is 13.1 Å². The van der Waals surface area contributed by atoms with Crippen molar-refractivity contribution in [3.63, 3.8) is 0 Å². The number of sulfone groups is 1. The largest absolute Gasteiger partial charge is 0.490 e. The van der Waals surface area contributed by atoms with Gasteiger partial charge in [0.2, 0.25) is 0 Å². The van der Waals surface area contributed by atoms with E-state index in [1.807, 2.05) is 0 Å². The second-order valence-electron chi connectivity index (χ2n) is 4.28. The number of hydrogen-bond acceptors (Lipinski definition) is 6. The van der Waals surface area contributed by atoms with Crippen LogP contribution in [0.4, 0.5) is 0 Å². The molecule has 1 rings (SSSR count). The predicted octanol–water partition coefficient (Wildman–Crippen LogP) is -0.596. The van der Waals surface area contributed by atoms with E-state index in [1.165, 1.54) is 12.3 Å². The number of hydrogen-bond donors (Lipinski definition) is 1. The summed E-state index contributed by atoms with van der Waals surface area (Å²) >= 11 is 0. The molecule has 0 fully saturated rings. The van der Waals surface area contributed by atoms with Gasteiger partial charge >= 0.3 is 0 Å². The molecule has 1 aromatic rings. The lowest BCUT2D eigenvalue weighted by molar-refractivity contribution is 0.293. The highest BCUT2D eigenvalue weighted by atomic mass is 32.2. The van der Waals surface area contributed by atoms with Gasteiger partial charge in [0, 0.05) is 17.9 Å². The summed E-state index contributed by atoms with van der Waals surface area (Å²) in [4.78, 5) is 11.7. The summed E-state index contributed by atoms with van der Waals surface area (Å²) in [6.45, 7) is 3.68. The van der Waals surface area contributed by atoms with Gasteiger partial charge in [0.1, 0.15) is 12.4 Å². The van der Waals surface area contributed by atoms with E-state index in [1.54, 1.807) is 13.8 Å². The molecule has 0 aromatic carbocycles. The van der Waals surface area contributed by atoms with Gasteiger partial charge in [-0.2, -0.15) is 5.10 Å². The van der Waals surface area contributed by atoms with Gasteiger partial charge in [-0.3, -0.25) is 4.79 Å². The van der Waals surface area contributed by atoms with Crippen LogP contribution in [0, 0.1) is 0 Å². The van der Waals surface area contributed by atoms with Crippen LogP contribution in [-0.4, -0.2) is 42.4 Å². The number of nitrogens with zero attached hydrogens (tertiary/aromatic N) is 2. The zero-order valence-corrected chi connectivity index (χ0v) is 11.9. The molecule has 0 saturated carbocycles. The smallest absolute Gasteiger partial charge is 0.270 e. The molecule has 108 valence electrons. The van der Waals surface area contributed by atoms with Crippen LogP contribution >= 0.6 is 0 Å². The monoisotopic (exact) mass is 289 g/mol. The van der Waals surface area contributed by atoms with Crippen molar-refractivity contribution in [3.05, 3.63) is 22.6 Å². The third-order valence-corrected chi connectivity index (χ3v) is 4.10. The minimum absolute atomic E-state index is 0.0442. The summed E-state index contributed by atoms with van der Waals surface area (Å²) in [6, 6.07) is 1.13. The molecule has 7 nitrogen and oxygen atoms in total. The summed E-state index contributed by atoms with van der Waals surface area (Å²) in [5.41, 5.74) is 5.13. The second-order valence-corrected chi connectivity index (χ2v) is 6.75. The Morgan fingerprint density at radius 3 is 2.74 bits per heavy atom. The van der Waals surface area contributed by atoms with Crippen LogP contribution in [0.5, 0.6) is 5.75 Å². The van der Waals surface area contributed by atoms with E-state index < -0.39 is 15.4 Å². The lowest BCUT2D eigenvalue weighted by Gasteiger charge is -2.09. The summed E-state index contributed by atoms with van der Waals surface area (Å²) < 4.78 is 29.0. The lowest BCUT2D eigenvalue weighted by Crippen LogP contribution is -2.27. The van der Waals surface area contributed by atoms with Crippen molar-refractivity contribution in [1.82, 2.24) is 9.78 Å². The van der Waals surface area contributed by atoms with Crippen molar-refractivity contribution >= 4 is 9.84 Å². The van der Waals surface area contributed by atoms with E-state index in [0.717, 1.165) is 4.68 Å². The molecule has 0 aliphatic heterocycles. The zero-order chi connectivity index (χ0) is 14.5. The molecule has 8 heteroatoms. The van der Waals surface area contributed by atoms with Gasteiger partial charge in [-0.1, -0.05) is 6.92 Å². The molecular weight excluding hydrogens is 270 g/mol. The first-order valence-corrected chi connectivity index (χ1v) is 7.82. The van der Waals surface area contributed by atoms with E-state index in [2.05, 4.69) is 5.10 Å². The SMILES string of the molecule is CCS(=O)(=O)CCn1ncc(OCC(C)N)cc1=O. The Kier molecular flexibility index (Phi) is 5.49. The highest BCUT2D eigenvalue weighted by Crippen LogP contribution is 2.03. The summed E-state index contributed by atoms with van der Waals surface area (Å²) in [5, 5.41) is 3.87. The van der Waals surface area contributed by atoms with Gasteiger partial charge < -0.3 is 10.5 Å². The van der Waals surface area contributed by atoms with Crippen LogP contribution in [-0.2, 0) is 16.4 Å². The standard InChI is InChI=1S/C11H19N3O4S/c1-3-19(16,17)5-4-14-11(15)6-10(7-13-14)18-8-9(2)12/h6-7,9H,3-5,8,12H2,1-2H3. The molecular formula is C11H19N3O4S. The van der Waals surface area contributed by atoms with Crippen molar-refractivity contribution in [2.75, 3.05) is 18.1 Å². The third-order valence-electron chi connectivity index (χ3n) is 2.41. The quantitative estimate of drug-likeness (QED) is 0.719. The summed E-state index contributed by atoms with van der Waals surface area (Å²) in [7, 11) is -3.11. The Hall–Kier alpha value is -1.41. The Labute approximate surface area is 112 Å². The molecule has 2 N–H and O–H groups in total. The minimum Gasteiger partial charge on any atom is -0.490 e. The molecule has 0 saturated heterocycles. The van der Waals surface area contributed by atoms with Crippen LogP contribution < -0.4 is 16.0 Å². The fourth-order valence-corrected chi connectivity index (χ4v) is 2.00. The van der Waals surface area contributed by atoms with Gasteiger partial charge in [0.25, 0.3) is 5.56 Å². The Morgan fingerprint density at radius 2 is 2.21 bits per heavy atom. The average Bonchev–Trinajstić information content (AvgIpc) is 2.35. The van der Waals surface area contributed by atoms with Gasteiger partial charge in [0.15, 0.2) is 9.84 Å². The molecule has 0 spiro atoms. The Balaban J connectivity index is 2.70.